The molecule has 0 unspecified atom stereocenters. The minimum Gasteiger partial charge on any atom is -0.382 e. The van der Waals surface area contributed by atoms with E-state index in [9.17, 15) is 14.9 Å². The van der Waals surface area contributed by atoms with Gasteiger partial charge < -0.3 is 10.2 Å². The van der Waals surface area contributed by atoms with E-state index in [-0.39, 0.29) is 11.6 Å². The van der Waals surface area contributed by atoms with Crippen LogP contribution in [-0.4, -0.2) is 34.9 Å². The van der Waals surface area contributed by atoms with Crippen molar-refractivity contribution in [2.24, 2.45) is 0 Å². The molecule has 0 aromatic heterocycles. The second-order valence-corrected chi connectivity index (χ2v) is 6.94. The highest BCUT2D eigenvalue weighted by molar-refractivity contribution is 9.10. The molecule has 2 aromatic carbocycles. The van der Waals surface area contributed by atoms with Crippen LogP contribution in [0.1, 0.15) is 23.2 Å². The van der Waals surface area contributed by atoms with Crippen LogP contribution in [0.3, 0.4) is 0 Å². The van der Waals surface area contributed by atoms with Gasteiger partial charge in [-0.1, -0.05) is 28.1 Å². The maximum Gasteiger partial charge on any atom is 0.270 e. The summed E-state index contributed by atoms with van der Waals surface area (Å²) in [5.74, 6) is -0.149. The fourth-order valence-corrected chi connectivity index (χ4v) is 3.38. The van der Waals surface area contributed by atoms with Gasteiger partial charge in [-0.05, 0) is 37.1 Å². The molecule has 25 heavy (non-hydrogen) atoms. The molecular formula is C18H18BrN3O3. The quantitative estimate of drug-likeness (QED) is 0.616. The van der Waals surface area contributed by atoms with Crippen LogP contribution in [-0.2, 0) is 0 Å². The standard InChI is InChI=1S/C18H18BrN3O3/c19-14-4-2-5-16(12-14)20-15-7-9-21(10-8-15)18(23)13-3-1-6-17(11-13)22(24)25/h1-6,11-12,15,20H,7-10H2. The Morgan fingerprint density at radius 2 is 1.88 bits per heavy atom. The van der Waals surface area contributed by atoms with E-state index >= 15 is 0 Å². The van der Waals surface area contributed by atoms with Gasteiger partial charge in [0.1, 0.15) is 0 Å². The Kier molecular flexibility index (Phi) is 5.33. The van der Waals surface area contributed by atoms with E-state index in [2.05, 4.69) is 21.2 Å². The summed E-state index contributed by atoms with van der Waals surface area (Å²) in [7, 11) is 0. The molecule has 0 atom stereocenters. The van der Waals surface area contributed by atoms with Gasteiger partial charge in [0.05, 0.1) is 4.92 Å². The Bertz CT molecular complexity index is 789. The van der Waals surface area contributed by atoms with Crippen molar-refractivity contribution >= 4 is 33.2 Å². The molecule has 1 amide bonds. The van der Waals surface area contributed by atoms with Crippen molar-refractivity contribution in [2.45, 2.75) is 18.9 Å². The zero-order chi connectivity index (χ0) is 17.8. The summed E-state index contributed by atoms with van der Waals surface area (Å²) in [5, 5.41) is 14.3. The molecule has 1 N–H and O–H groups in total. The molecule has 1 saturated heterocycles. The van der Waals surface area contributed by atoms with E-state index in [1.165, 1.54) is 12.1 Å². The number of anilines is 1. The summed E-state index contributed by atoms with van der Waals surface area (Å²) in [6.45, 7) is 1.26. The first kappa shape index (κ1) is 17.4. The van der Waals surface area contributed by atoms with Gasteiger partial charge in [0, 0.05) is 47.0 Å². The van der Waals surface area contributed by atoms with E-state index < -0.39 is 4.92 Å². The SMILES string of the molecule is O=C(c1cccc([N+](=O)[O-])c1)N1CCC(Nc2cccc(Br)c2)CC1. The molecule has 0 bridgehead atoms. The largest absolute Gasteiger partial charge is 0.382 e. The minimum absolute atomic E-state index is 0.0583. The van der Waals surface area contributed by atoms with Crippen molar-refractivity contribution in [1.29, 1.82) is 0 Å². The number of hydrogen-bond acceptors (Lipinski definition) is 4. The molecule has 0 spiro atoms. The van der Waals surface area contributed by atoms with Gasteiger partial charge in [-0.15, -0.1) is 0 Å². The normalized spacial score (nSPS) is 15.0. The number of amides is 1. The van der Waals surface area contributed by atoms with Crippen LogP contribution in [0.2, 0.25) is 0 Å². The molecule has 1 heterocycles. The second kappa shape index (κ2) is 7.65. The molecule has 3 rings (SSSR count). The lowest BCUT2D eigenvalue weighted by atomic mass is 10.0. The van der Waals surface area contributed by atoms with Gasteiger partial charge in [-0.3, -0.25) is 14.9 Å². The Hall–Kier alpha value is -2.41. The molecule has 1 aliphatic rings. The Morgan fingerprint density at radius 1 is 1.16 bits per heavy atom. The summed E-state index contributed by atoms with van der Waals surface area (Å²) >= 11 is 3.46. The average molecular weight is 404 g/mol. The highest BCUT2D eigenvalue weighted by Gasteiger charge is 2.24. The zero-order valence-electron chi connectivity index (χ0n) is 13.5. The summed E-state index contributed by atoms with van der Waals surface area (Å²) in [6.07, 6.45) is 1.68. The first-order valence-electron chi connectivity index (χ1n) is 8.09. The molecule has 6 nitrogen and oxygen atoms in total. The van der Waals surface area contributed by atoms with Crippen molar-refractivity contribution in [3.8, 4) is 0 Å². The number of likely N-dealkylation sites (tertiary alicyclic amines) is 1. The van der Waals surface area contributed by atoms with Gasteiger partial charge >= 0.3 is 0 Å². The first-order valence-corrected chi connectivity index (χ1v) is 8.88. The third-order valence-corrected chi connectivity index (χ3v) is 4.77. The molecule has 130 valence electrons. The van der Waals surface area contributed by atoms with Crippen molar-refractivity contribution in [2.75, 3.05) is 18.4 Å². The van der Waals surface area contributed by atoms with Crippen LogP contribution in [0.5, 0.6) is 0 Å². The average Bonchev–Trinajstić information content (AvgIpc) is 2.62. The monoisotopic (exact) mass is 403 g/mol. The van der Waals surface area contributed by atoms with E-state index in [1.807, 2.05) is 24.3 Å². The second-order valence-electron chi connectivity index (χ2n) is 6.03. The topological polar surface area (TPSA) is 75.5 Å². The fraction of sp³-hybridized carbons (Fsp3) is 0.278. The number of piperidine rings is 1. The maximum atomic E-state index is 12.6. The van der Waals surface area contributed by atoms with Crippen LogP contribution >= 0.6 is 15.9 Å². The Balaban J connectivity index is 1.59. The number of nitro benzene ring substituents is 1. The van der Waals surface area contributed by atoms with Gasteiger partial charge in [0.15, 0.2) is 0 Å². The molecule has 0 saturated carbocycles. The lowest BCUT2D eigenvalue weighted by Gasteiger charge is -2.33. The molecule has 1 aliphatic heterocycles. The van der Waals surface area contributed by atoms with E-state index in [0.717, 1.165) is 23.0 Å². The predicted molar refractivity (Wildman–Crippen MR) is 99.8 cm³/mol. The van der Waals surface area contributed by atoms with Gasteiger partial charge in [-0.25, -0.2) is 0 Å². The number of halogens is 1. The number of benzene rings is 2. The van der Waals surface area contributed by atoms with Crippen LogP contribution in [0.4, 0.5) is 11.4 Å². The number of rotatable bonds is 4. The third kappa shape index (κ3) is 4.36. The van der Waals surface area contributed by atoms with Crippen molar-refractivity contribution < 1.29 is 9.72 Å². The Labute approximate surface area is 154 Å². The number of non-ortho nitro benzene ring substituents is 1. The highest BCUT2D eigenvalue weighted by Crippen LogP contribution is 2.22. The molecule has 0 radical (unpaired) electrons. The summed E-state index contributed by atoms with van der Waals surface area (Å²) in [6, 6.07) is 14.2. The van der Waals surface area contributed by atoms with E-state index in [4.69, 9.17) is 0 Å². The molecule has 2 aromatic rings. The maximum absolute atomic E-state index is 12.6. The minimum atomic E-state index is -0.481. The van der Waals surface area contributed by atoms with Crippen LogP contribution < -0.4 is 5.32 Å². The van der Waals surface area contributed by atoms with Gasteiger partial charge in [-0.2, -0.15) is 0 Å². The molecule has 0 aliphatic carbocycles. The number of carbonyl (C=O) groups excluding carboxylic acids is 1. The number of carbonyl (C=O) groups is 1. The summed E-state index contributed by atoms with van der Waals surface area (Å²) in [5.41, 5.74) is 1.36. The van der Waals surface area contributed by atoms with Crippen LogP contribution in [0, 0.1) is 10.1 Å². The summed E-state index contributed by atoms with van der Waals surface area (Å²) in [4.78, 5) is 24.7. The molecule has 1 fully saturated rings. The molecular weight excluding hydrogens is 386 g/mol. The zero-order valence-corrected chi connectivity index (χ0v) is 15.1. The van der Waals surface area contributed by atoms with Crippen molar-refractivity contribution in [3.63, 3.8) is 0 Å². The van der Waals surface area contributed by atoms with Crippen molar-refractivity contribution in [1.82, 2.24) is 4.90 Å². The number of nitro groups is 1. The Morgan fingerprint density at radius 3 is 2.56 bits per heavy atom. The van der Waals surface area contributed by atoms with E-state index in [0.29, 0.717) is 24.7 Å². The number of hydrogen-bond donors (Lipinski definition) is 1. The van der Waals surface area contributed by atoms with Crippen LogP contribution in [0.25, 0.3) is 0 Å². The van der Waals surface area contributed by atoms with E-state index in [1.54, 1.807) is 17.0 Å². The number of nitrogens with zero attached hydrogens (tertiary/aromatic N) is 2. The highest BCUT2D eigenvalue weighted by atomic mass is 79.9. The number of nitrogens with one attached hydrogen (secondary N) is 1. The lowest BCUT2D eigenvalue weighted by Crippen LogP contribution is -2.42. The van der Waals surface area contributed by atoms with Gasteiger partial charge in [0.2, 0.25) is 0 Å². The van der Waals surface area contributed by atoms with Crippen molar-refractivity contribution in [3.05, 3.63) is 68.7 Å². The van der Waals surface area contributed by atoms with Gasteiger partial charge in [0.25, 0.3) is 11.6 Å². The fourth-order valence-electron chi connectivity index (χ4n) is 2.98. The first-order chi connectivity index (χ1) is 12.0. The predicted octanol–water partition coefficient (Wildman–Crippen LogP) is 4.07. The smallest absolute Gasteiger partial charge is 0.270 e. The molecule has 7 heteroatoms. The lowest BCUT2D eigenvalue weighted by molar-refractivity contribution is -0.384. The van der Waals surface area contributed by atoms with Crippen LogP contribution in [0.15, 0.2) is 53.0 Å². The third-order valence-electron chi connectivity index (χ3n) is 4.28. The summed E-state index contributed by atoms with van der Waals surface area (Å²) < 4.78 is 1.02.